The van der Waals surface area contributed by atoms with Crippen LogP contribution in [0.25, 0.3) is 11.1 Å². The maximum Gasteiger partial charge on any atom is 0.253 e. The number of hydrogen-bond acceptors (Lipinski definition) is 11. The van der Waals surface area contributed by atoms with E-state index in [0.29, 0.717) is 89.5 Å². The first-order valence-electron chi connectivity index (χ1n) is 28.1. The molecule has 2 unspecified atom stereocenters. The molecule has 2 aliphatic carbocycles. The third kappa shape index (κ3) is 13.9. The number of nitrogens with one attached hydrogen (secondary N) is 4. The zero-order chi connectivity index (χ0) is 56.8. The monoisotopic (exact) mass is 1080 g/mol. The average molecular weight is 1080 g/mol. The van der Waals surface area contributed by atoms with Crippen molar-refractivity contribution in [1.82, 2.24) is 30.4 Å². The summed E-state index contributed by atoms with van der Waals surface area (Å²) in [7, 11) is 6.00. The van der Waals surface area contributed by atoms with Crippen LogP contribution in [0.4, 0.5) is 17.1 Å². The van der Waals surface area contributed by atoms with Crippen LogP contribution in [0.1, 0.15) is 104 Å². The van der Waals surface area contributed by atoms with Crippen LogP contribution >= 0.6 is 0 Å². The number of carbonyl (C=O) groups is 4. The zero-order valence-corrected chi connectivity index (χ0v) is 48.2. The van der Waals surface area contributed by atoms with Crippen molar-refractivity contribution >= 4 is 40.7 Å². The maximum atomic E-state index is 14.9. The fourth-order valence-corrected chi connectivity index (χ4v) is 10.9. The molecule has 2 aromatic heterocycles. The van der Waals surface area contributed by atoms with Crippen LogP contribution in [0.15, 0.2) is 64.2 Å². The molecule has 4 N–H and O–H groups in total. The van der Waals surface area contributed by atoms with Crippen molar-refractivity contribution in [2.45, 2.75) is 94.2 Å². The van der Waals surface area contributed by atoms with Gasteiger partial charge in [0.15, 0.2) is 0 Å². The number of amides is 4. The van der Waals surface area contributed by atoms with Crippen molar-refractivity contribution < 1.29 is 28.7 Å². The molecular weight excluding hydrogens is 999 g/mol. The third-order valence-corrected chi connectivity index (χ3v) is 15.9. The first-order valence-corrected chi connectivity index (χ1v) is 28.1. The van der Waals surface area contributed by atoms with Gasteiger partial charge in [-0.1, -0.05) is 6.07 Å². The number of aromatic nitrogens is 2. The van der Waals surface area contributed by atoms with Crippen LogP contribution in [0.3, 0.4) is 0 Å². The Morgan fingerprint density at radius 3 is 1.92 bits per heavy atom. The normalized spacial score (nSPS) is 16.2. The summed E-state index contributed by atoms with van der Waals surface area (Å²) in [4.78, 5) is 99.8. The van der Waals surface area contributed by atoms with E-state index in [1.807, 2.05) is 131 Å². The van der Waals surface area contributed by atoms with Crippen LogP contribution in [0.5, 0.6) is 5.75 Å². The number of aryl methyl sites for hydroxylation is 4. The summed E-state index contributed by atoms with van der Waals surface area (Å²) in [5, 5.41) is 6.06. The fraction of sp³-hybridized carbons (Fsp3) is 0.484. The zero-order valence-electron chi connectivity index (χ0n) is 48.2. The fourth-order valence-electron chi connectivity index (χ4n) is 10.9. The second-order valence-electron chi connectivity index (χ2n) is 22.2. The number of H-pyrrole nitrogens is 2. The van der Waals surface area contributed by atoms with Crippen LogP contribution in [-0.4, -0.2) is 130 Å². The van der Waals surface area contributed by atoms with Crippen molar-refractivity contribution in [3.8, 4) is 16.9 Å². The Morgan fingerprint density at radius 1 is 0.696 bits per heavy atom. The Balaban J connectivity index is 1.03. The van der Waals surface area contributed by atoms with Gasteiger partial charge in [0.25, 0.3) is 22.9 Å². The highest BCUT2D eigenvalue weighted by Gasteiger charge is 2.45. The van der Waals surface area contributed by atoms with Gasteiger partial charge in [0.05, 0.1) is 13.2 Å². The number of likely N-dealkylation sites (N-methyl/N-ethyl adjacent to an activating group) is 2. The minimum Gasteiger partial charge on any atom is -0.492 e. The van der Waals surface area contributed by atoms with E-state index in [-0.39, 0.29) is 65.6 Å². The Labute approximate surface area is 465 Å². The number of pyridine rings is 2. The van der Waals surface area contributed by atoms with Crippen LogP contribution in [0.2, 0.25) is 0 Å². The number of benzene rings is 3. The molecule has 3 aliphatic rings. The highest BCUT2D eigenvalue weighted by molar-refractivity contribution is 6.04. The van der Waals surface area contributed by atoms with Gasteiger partial charge in [-0.15, -0.1) is 0 Å². The molecular formula is C62H81N9O8. The Kier molecular flexibility index (Phi) is 18.6. The molecule has 3 heterocycles. The molecule has 422 valence electrons. The summed E-state index contributed by atoms with van der Waals surface area (Å²) in [5.41, 5.74) is 10.0. The van der Waals surface area contributed by atoms with Gasteiger partial charge in [-0.25, -0.2) is 0 Å². The lowest BCUT2D eigenvalue weighted by Gasteiger charge is -2.28. The average Bonchev–Trinajstić information content (AvgIpc) is 4.38. The van der Waals surface area contributed by atoms with Crippen LogP contribution < -0.4 is 41.2 Å². The first kappa shape index (κ1) is 58.1. The Bertz CT molecular complexity index is 3210. The molecule has 79 heavy (non-hydrogen) atoms. The Hall–Kier alpha value is -7.08. The molecule has 5 aromatic rings. The first-order chi connectivity index (χ1) is 37.8. The second kappa shape index (κ2) is 25.4. The second-order valence-corrected chi connectivity index (χ2v) is 22.2. The number of ether oxygens (including phenoxy) is 2. The standard InChI is InChI=1S/C62H81N9O8/c1-12-70(61(76)43-14-15-43)55-34-48(68(11)19-18-67(9)10)33-50(42(55)8)58(73)64-36-53-46(28-40(6)66-60(53)75)29-47-31-51(47)62(77)71(13-2)54-32-45(44-16-17-56(38(4)27-44)79-25-22-69-20-23-78-24-21-69)30-49(41(54)7)57(72)63-35-52-37(3)26-39(5)65-59(52)74/h16-17,26-28,30,32-34,43,47,51H,12-15,18-25,29,31,35-36H2,1-11H3,(H,63,72)(H,64,73)(H,65,74)(H,66,75). The van der Waals surface area contributed by atoms with E-state index in [9.17, 15) is 28.8 Å². The van der Waals surface area contributed by atoms with Crippen molar-refractivity contribution in [2.24, 2.45) is 17.8 Å². The van der Waals surface area contributed by atoms with E-state index in [2.05, 4.69) is 35.3 Å². The van der Waals surface area contributed by atoms with E-state index in [4.69, 9.17) is 9.47 Å². The molecule has 17 heteroatoms. The number of morpholine rings is 1. The predicted octanol–water partition coefficient (Wildman–Crippen LogP) is 7.14. The number of carbonyl (C=O) groups excluding carboxylic acids is 4. The minimum absolute atomic E-state index is 0.00353. The molecule has 2 atom stereocenters. The minimum atomic E-state index is -0.376. The van der Waals surface area contributed by atoms with Gasteiger partial charge in [0.1, 0.15) is 12.4 Å². The van der Waals surface area contributed by atoms with Gasteiger partial charge in [-0.2, -0.15) is 0 Å². The lowest BCUT2D eigenvalue weighted by molar-refractivity contribution is -0.120. The van der Waals surface area contributed by atoms with Gasteiger partial charge in [-0.3, -0.25) is 33.7 Å². The number of nitrogens with zero attached hydrogens (tertiary/aromatic N) is 5. The summed E-state index contributed by atoms with van der Waals surface area (Å²) in [6.07, 6.45) is 2.77. The van der Waals surface area contributed by atoms with E-state index in [0.717, 1.165) is 97.2 Å². The van der Waals surface area contributed by atoms with Gasteiger partial charge in [0, 0.05) is 128 Å². The Morgan fingerprint density at radius 2 is 1.30 bits per heavy atom. The quantitative estimate of drug-likeness (QED) is 0.0520. The maximum absolute atomic E-state index is 14.9. The van der Waals surface area contributed by atoms with E-state index in [1.54, 1.807) is 9.80 Å². The molecule has 1 aliphatic heterocycles. The van der Waals surface area contributed by atoms with Crippen LogP contribution in [0, 0.1) is 59.3 Å². The molecule has 3 aromatic carbocycles. The van der Waals surface area contributed by atoms with Gasteiger partial charge in [-0.05, 0) is 189 Å². The lowest BCUT2D eigenvalue weighted by Crippen LogP contribution is -2.38. The molecule has 1 saturated heterocycles. The molecule has 17 nitrogen and oxygen atoms in total. The van der Waals surface area contributed by atoms with Gasteiger partial charge < -0.3 is 49.7 Å². The summed E-state index contributed by atoms with van der Waals surface area (Å²) >= 11 is 0. The third-order valence-electron chi connectivity index (χ3n) is 15.9. The molecule has 3 fully saturated rings. The molecule has 0 radical (unpaired) electrons. The van der Waals surface area contributed by atoms with Crippen LogP contribution in [-0.2, 0) is 33.8 Å². The van der Waals surface area contributed by atoms with Gasteiger partial charge in [0.2, 0.25) is 11.8 Å². The highest BCUT2D eigenvalue weighted by Crippen LogP contribution is 2.45. The topological polar surface area (TPSA) is 193 Å². The smallest absolute Gasteiger partial charge is 0.253 e. The SMILES string of the molecule is CCN(C(=O)C1CC1)c1cc(N(C)CCN(C)C)cc(C(=O)NCc2c(CC3CC3C(=O)N(CC)c3cc(-c4ccc(OCCN5CCOCC5)c(C)c4)cc(C(=O)NCc4c(C)cc(C)[nH]c4=O)c3C)cc(C)[nH]c2=O)c1C. The van der Waals surface area contributed by atoms with E-state index in [1.165, 1.54) is 0 Å². The summed E-state index contributed by atoms with van der Waals surface area (Å²) in [6.45, 7) is 21.9. The predicted molar refractivity (Wildman–Crippen MR) is 312 cm³/mol. The number of rotatable bonds is 23. The number of aromatic amines is 2. The molecule has 4 amide bonds. The number of anilines is 3. The molecule has 0 spiro atoms. The van der Waals surface area contributed by atoms with E-state index < -0.39 is 0 Å². The summed E-state index contributed by atoms with van der Waals surface area (Å²) in [5.74, 6) is -0.427. The van der Waals surface area contributed by atoms with Crippen molar-refractivity contribution in [2.75, 3.05) is 101 Å². The molecule has 8 rings (SSSR count). The van der Waals surface area contributed by atoms with E-state index >= 15 is 0 Å². The van der Waals surface area contributed by atoms with Crippen molar-refractivity contribution in [3.63, 3.8) is 0 Å². The lowest BCUT2D eigenvalue weighted by atomic mass is 9.95. The molecule has 0 bridgehead atoms. The highest BCUT2D eigenvalue weighted by atomic mass is 16.5. The molecule has 2 saturated carbocycles. The summed E-state index contributed by atoms with van der Waals surface area (Å²) in [6, 6.07) is 17.4. The largest absolute Gasteiger partial charge is 0.492 e. The summed E-state index contributed by atoms with van der Waals surface area (Å²) < 4.78 is 11.7. The number of hydrogen-bond donors (Lipinski definition) is 4. The van der Waals surface area contributed by atoms with Crippen molar-refractivity contribution in [3.05, 3.63) is 137 Å². The van der Waals surface area contributed by atoms with Gasteiger partial charge >= 0.3 is 0 Å². The van der Waals surface area contributed by atoms with Crippen molar-refractivity contribution in [1.29, 1.82) is 0 Å².